The number of nitro groups is 1. The van der Waals surface area contributed by atoms with Crippen LogP contribution in [0.4, 0.5) is 11.4 Å². The highest BCUT2D eigenvalue weighted by atomic mass is 16.6. The summed E-state index contributed by atoms with van der Waals surface area (Å²) in [6, 6.07) is 3.03. The van der Waals surface area contributed by atoms with Gasteiger partial charge >= 0.3 is 0 Å². The fourth-order valence-electron chi connectivity index (χ4n) is 1.55. The predicted octanol–water partition coefficient (Wildman–Crippen LogP) is 1.81. The zero-order valence-corrected chi connectivity index (χ0v) is 11.8. The van der Waals surface area contributed by atoms with Crippen molar-refractivity contribution in [1.29, 1.82) is 0 Å². The topological polar surface area (TPSA) is 90.7 Å². The van der Waals surface area contributed by atoms with Gasteiger partial charge in [0.05, 0.1) is 18.1 Å². The molecule has 1 amide bonds. The van der Waals surface area contributed by atoms with Crippen molar-refractivity contribution < 1.29 is 19.2 Å². The third kappa shape index (κ3) is 4.60. The number of carbonyl (C=O) groups is 1. The summed E-state index contributed by atoms with van der Waals surface area (Å²) in [5.74, 6) is -0.438. The average molecular weight is 282 g/mol. The van der Waals surface area contributed by atoms with Crippen molar-refractivity contribution in [3.8, 4) is 0 Å². The maximum absolute atomic E-state index is 11.6. The Morgan fingerprint density at radius 1 is 1.30 bits per heavy atom. The molecule has 0 atom stereocenters. The Bertz CT molecular complexity index is 502. The summed E-state index contributed by atoms with van der Waals surface area (Å²) in [5.41, 5.74) is 1.72. The second-order valence-electron chi connectivity index (χ2n) is 4.30. The number of aryl methyl sites for hydroxylation is 2. The summed E-state index contributed by atoms with van der Waals surface area (Å²) in [6.07, 6.45) is 0. The van der Waals surface area contributed by atoms with Gasteiger partial charge in [-0.05, 0) is 31.0 Å². The molecule has 0 aliphatic carbocycles. The molecule has 110 valence electrons. The average Bonchev–Trinajstić information content (AvgIpc) is 2.38. The van der Waals surface area contributed by atoms with Crippen LogP contribution in [0.2, 0.25) is 0 Å². The molecule has 0 bridgehead atoms. The molecule has 20 heavy (non-hydrogen) atoms. The molecular formula is C13H18N2O5. The molecule has 7 nitrogen and oxygen atoms in total. The van der Waals surface area contributed by atoms with Gasteiger partial charge < -0.3 is 14.8 Å². The monoisotopic (exact) mass is 282 g/mol. The molecule has 1 aromatic rings. The number of ether oxygens (including phenoxy) is 2. The molecular weight excluding hydrogens is 264 g/mol. The Morgan fingerprint density at radius 2 is 1.95 bits per heavy atom. The summed E-state index contributed by atoms with van der Waals surface area (Å²) >= 11 is 0. The van der Waals surface area contributed by atoms with E-state index in [1.165, 1.54) is 13.2 Å². The minimum atomic E-state index is -0.520. The number of hydrogen-bond donors (Lipinski definition) is 1. The van der Waals surface area contributed by atoms with Gasteiger partial charge in [0, 0.05) is 13.2 Å². The molecule has 0 aliphatic rings. The van der Waals surface area contributed by atoms with Crippen molar-refractivity contribution >= 4 is 17.3 Å². The van der Waals surface area contributed by atoms with E-state index in [2.05, 4.69) is 5.32 Å². The number of rotatable bonds is 7. The van der Waals surface area contributed by atoms with Gasteiger partial charge in [-0.1, -0.05) is 0 Å². The summed E-state index contributed by atoms with van der Waals surface area (Å²) < 4.78 is 9.83. The molecule has 0 aromatic heterocycles. The highest BCUT2D eigenvalue weighted by Gasteiger charge is 2.17. The van der Waals surface area contributed by atoms with Gasteiger partial charge in [-0.2, -0.15) is 0 Å². The second kappa shape index (κ2) is 7.56. The first-order valence-electron chi connectivity index (χ1n) is 6.08. The number of methoxy groups -OCH3 is 1. The lowest BCUT2D eigenvalue weighted by Gasteiger charge is -2.09. The summed E-state index contributed by atoms with van der Waals surface area (Å²) in [5, 5.41) is 13.5. The molecule has 7 heteroatoms. The number of carbonyl (C=O) groups excluding carboxylic acids is 1. The molecule has 1 aromatic carbocycles. The van der Waals surface area contributed by atoms with Crippen molar-refractivity contribution in [2.75, 3.05) is 32.2 Å². The first kappa shape index (κ1) is 16.1. The highest BCUT2D eigenvalue weighted by molar-refractivity contribution is 5.94. The Balaban J connectivity index is 2.73. The van der Waals surface area contributed by atoms with Crippen molar-refractivity contribution in [3.63, 3.8) is 0 Å². The summed E-state index contributed by atoms with van der Waals surface area (Å²) in [7, 11) is 1.53. The van der Waals surface area contributed by atoms with Crippen LogP contribution in [0.5, 0.6) is 0 Å². The van der Waals surface area contributed by atoms with Crippen LogP contribution in [0.1, 0.15) is 11.1 Å². The molecule has 0 saturated carbocycles. The zero-order valence-electron chi connectivity index (χ0n) is 11.8. The highest BCUT2D eigenvalue weighted by Crippen LogP contribution is 2.27. The maximum Gasteiger partial charge on any atom is 0.293 e. The van der Waals surface area contributed by atoms with Crippen LogP contribution in [-0.2, 0) is 14.3 Å². The number of nitrogens with one attached hydrogen (secondary N) is 1. The molecule has 0 saturated heterocycles. The van der Waals surface area contributed by atoms with Crippen LogP contribution in [0.3, 0.4) is 0 Å². The van der Waals surface area contributed by atoms with E-state index in [9.17, 15) is 14.9 Å². The quantitative estimate of drug-likeness (QED) is 0.468. The Hall–Kier alpha value is -1.99. The largest absolute Gasteiger partial charge is 0.382 e. The smallest absolute Gasteiger partial charge is 0.293 e. The van der Waals surface area contributed by atoms with Crippen LogP contribution in [0.25, 0.3) is 0 Å². The van der Waals surface area contributed by atoms with E-state index in [1.807, 2.05) is 6.92 Å². The fourth-order valence-corrected chi connectivity index (χ4v) is 1.55. The van der Waals surface area contributed by atoms with Crippen LogP contribution in [-0.4, -0.2) is 37.8 Å². The molecule has 0 unspecified atom stereocenters. The number of amides is 1. The van der Waals surface area contributed by atoms with E-state index < -0.39 is 10.8 Å². The fraction of sp³-hybridized carbons (Fsp3) is 0.462. The van der Waals surface area contributed by atoms with Crippen LogP contribution >= 0.6 is 0 Å². The van der Waals surface area contributed by atoms with Crippen LogP contribution in [0.15, 0.2) is 12.1 Å². The first-order valence-corrected chi connectivity index (χ1v) is 6.08. The van der Waals surface area contributed by atoms with Crippen LogP contribution in [0, 0.1) is 24.0 Å². The molecule has 0 heterocycles. The van der Waals surface area contributed by atoms with Gasteiger partial charge in [0.15, 0.2) is 0 Å². The molecule has 0 fully saturated rings. The first-order chi connectivity index (χ1) is 9.45. The number of benzene rings is 1. The van der Waals surface area contributed by atoms with E-state index in [0.29, 0.717) is 13.2 Å². The SMILES string of the molecule is COCCOCC(=O)Nc1cc(C)c(C)cc1[N+](=O)[O-]. The maximum atomic E-state index is 11.6. The van der Waals surface area contributed by atoms with Gasteiger partial charge in [-0.25, -0.2) is 0 Å². The zero-order chi connectivity index (χ0) is 15.1. The van der Waals surface area contributed by atoms with Gasteiger partial charge in [-0.15, -0.1) is 0 Å². The van der Waals surface area contributed by atoms with E-state index in [-0.39, 0.29) is 18.0 Å². The van der Waals surface area contributed by atoms with Gasteiger partial charge in [-0.3, -0.25) is 14.9 Å². The summed E-state index contributed by atoms with van der Waals surface area (Å²) in [6.45, 7) is 4.11. The normalized spacial score (nSPS) is 10.3. The van der Waals surface area contributed by atoms with Crippen molar-refractivity contribution in [2.45, 2.75) is 13.8 Å². The van der Waals surface area contributed by atoms with E-state index >= 15 is 0 Å². The molecule has 0 spiro atoms. The predicted molar refractivity (Wildman–Crippen MR) is 73.9 cm³/mol. The lowest BCUT2D eigenvalue weighted by molar-refractivity contribution is -0.384. The van der Waals surface area contributed by atoms with E-state index in [1.54, 1.807) is 13.0 Å². The van der Waals surface area contributed by atoms with Gasteiger partial charge in [0.25, 0.3) is 11.6 Å². The van der Waals surface area contributed by atoms with E-state index in [4.69, 9.17) is 9.47 Å². The Morgan fingerprint density at radius 3 is 2.55 bits per heavy atom. The minimum absolute atomic E-state index is 0.127. The third-order valence-electron chi connectivity index (χ3n) is 2.75. The lowest BCUT2D eigenvalue weighted by Crippen LogP contribution is -2.20. The van der Waals surface area contributed by atoms with Crippen molar-refractivity contribution in [1.82, 2.24) is 0 Å². The van der Waals surface area contributed by atoms with Crippen molar-refractivity contribution in [2.24, 2.45) is 0 Å². The number of anilines is 1. The van der Waals surface area contributed by atoms with Crippen LogP contribution < -0.4 is 5.32 Å². The van der Waals surface area contributed by atoms with Gasteiger partial charge in [0.2, 0.25) is 0 Å². The van der Waals surface area contributed by atoms with Crippen molar-refractivity contribution in [3.05, 3.63) is 33.4 Å². The summed E-state index contributed by atoms with van der Waals surface area (Å²) in [4.78, 5) is 22.1. The Labute approximate surface area is 117 Å². The number of nitro benzene ring substituents is 1. The van der Waals surface area contributed by atoms with E-state index in [0.717, 1.165) is 11.1 Å². The number of nitrogens with zero attached hydrogens (tertiary/aromatic N) is 1. The molecule has 0 radical (unpaired) electrons. The number of hydrogen-bond acceptors (Lipinski definition) is 5. The molecule has 0 aliphatic heterocycles. The second-order valence-corrected chi connectivity index (χ2v) is 4.30. The standard InChI is InChI=1S/C13H18N2O5/c1-9-6-11(12(15(17)18)7-10(9)2)14-13(16)8-20-5-4-19-3/h6-7H,4-5,8H2,1-3H3,(H,14,16). The van der Waals surface area contributed by atoms with Gasteiger partial charge in [0.1, 0.15) is 12.3 Å². The third-order valence-corrected chi connectivity index (χ3v) is 2.75. The minimum Gasteiger partial charge on any atom is -0.382 e. The molecule has 1 rings (SSSR count). The molecule has 1 N–H and O–H groups in total. The lowest BCUT2D eigenvalue weighted by atomic mass is 10.1. The Kier molecular flexibility index (Phi) is 6.08.